The third-order valence-corrected chi connectivity index (χ3v) is 3.68. The maximum Gasteiger partial charge on any atom is 0.266 e. The summed E-state index contributed by atoms with van der Waals surface area (Å²) in [6.45, 7) is 11.2. The first-order valence-electron chi connectivity index (χ1n) is 8.09. The Labute approximate surface area is 143 Å². The molecule has 0 saturated carbocycles. The molecule has 0 saturated heterocycles. The van der Waals surface area contributed by atoms with Gasteiger partial charge in [-0.25, -0.2) is 5.48 Å². The number of allylic oxidation sites excluding steroid dienone is 6. The van der Waals surface area contributed by atoms with E-state index in [4.69, 9.17) is 4.84 Å². The molecule has 0 radical (unpaired) electrons. The van der Waals surface area contributed by atoms with Crippen LogP contribution in [0.4, 0.5) is 0 Å². The first-order chi connectivity index (χ1) is 11.0. The second-order valence-electron chi connectivity index (χ2n) is 8.10. The normalized spacial score (nSPS) is 17.7. The van der Waals surface area contributed by atoms with Crippen LogP contribution >= 0.6 is 0 Å². The SMILES string of the molecule is CC(C)(C)ONC(=O)[C@@H](NC(=O)C1=C2C=CC=C2C=C1)C(C)(C)C. The van der Waals surface area contributed by atoms with Crippen LogP contribution < -0.4 is 10.8 Å². The van der Waals surface area contributed by atoms with Gasteiger partial charge in [-0.1, -0.05) is 45.1 Å². The topological polar surface area (TPSA) is 67.4 Å². The zero-order valence-electron chi connectivity index (χ0n) is 15.2. The molecule has 5 heteroatoms. The van der Waals surface area contributed by atoms with Crippen molar-refractivity contribution in [2.75, 3.05) is 0 Å². The van der Waals surface area contributed by atoms with Crippen molar-refractivity contribution in [1.29, 1.82) is 0 Å². The fourth-order valence-electron chi connectivity index (χ4n) is 2.43. The van der Waals surface area contributed by atoms with Crippen molar-refractivity contribution in [3.63, 3.8) is 0 Å². The standard InChI is InChI=1S/C19H26N2O3/c1-18(2,3)15(17(23)21-24-19(4,5)6)20-16(22)14-11-10-12-8-7-9-13(12)14/h7-11,15H,1-6H3,(H,20,22)(H,21,23)/t15-/m1/s1. The minimum absolute atomic E-state index is 0.262. The van der Waals surface area contributed by atoms with Gasteiger partial charge in [-0.2, -0.15) is 0 Å². The van der Waals surface area contributed by atoms with Gasteiger partial charge in [0, 0.05) is 5.57 Å². The second kappa shape index (κ2) is 6.40. The molecule has 0 aromatic rings. The number of rotatable bonds is 4. The molecule has 0 heterocycles. The summed E-state index contributed by atoms with van der Waals surface area (Å²) in [6.07, 6.45) is 9.45. The summed E-state index contributed by atoms with van der Waals surface area (Å²) in [5.74, 6) is -0.627. The first kappa shape index (κ1) is 18.2. The Bertz CT molecular complexity index is 668. The number of carbonyl (C=O) groups is 2. The maximum atomic E-state index is 12.6. The average Bonchev–Trinajstić information content (AvgIpc) is 3.02. The van der Waals surface area contributed by atoms with Crippen LogP contribution in [0.15, 0.2) is 47.1 Å². The van der Waals surface area contributed by atoms with Gasteiger partial charge >= 0.3 is 0 Å². The highest BCUT2D eigenvalue weighted by Crippen LogP contribution is 2.30. The zero-order chi connectivity index (χ0) is 18.1. The second-order valence-corrected chi connectivity index (χ2v) is 8.10. The Morgan fingerprint density at radius 2 is 1.71 bits per heavy atom. The van der Waals surface area contributed by atoms with Gasteiger partial charge in [-0.3, -0.25) is 14.4 Å². The predicted molar refractivity (Wildman–Crippen MR) is 93.8 cm³/mol. The van der Waals surface area contributed by atoms with E-state index in [1.54, 1.807) is 6.08 Å². The Kier molecular flexibility index (Phi) is 4.85. The van der Waals surface area contributed by atoms with Crippen LogP contribution in [0.1, 0.15) is 41.5 Å². The number of hydrogen-bond donors (Lipinski definition) is 2. The highest BCUT2D eigenvalue weighted by Gasteiger charge is 2.35. The monoisotopic (exact) mass is 330 g/mol. The van der Waals surface area contributed by atoms with Crippen molar-refractivity contribution in [3.8, 4) is 0 Å². The lowest BCUT2D eigenvalue weighted by Crippen LogP contribution is -2.54. The van der Waals surface area contributed by atoms with E-state index >= 15 is 0 Å². The summed E-state index contributed by atoms with van der Waals surface area (Å²) in [7, 11) is 0. The fraction of sp³-hybridized carbons (Fsp3) is 0.474. The molecule has 2 N–H and O–H groups in total. The molecular weight excluding hydrogens is 304 g/mol. The molecule has 130 valence electrons. The molecule has 0 fully saturated rings. The molecule has 0 unspecified atom stereocenters. The predicted octanol–water partition coefficient (Wildman–Crippen LogP) is 2.73. The summed E-state index contributed by atoms with van der Waals surface area (Å²) in [6, 6.07) is -0.715. The van der Waals surface area contributed by atoms with E-state index < -0.39 is 17.1 Å². The number of hydrogen-bond acceptors (Lipinski definition) is 3. The number of fused-ring (bicyclic) bond motifs is 1. The van der Waals surface area contributed by atoms with Crippen molar-refractivity contribution in [1.82, 2.24) is 10.8 Å². The highest BCUT2D eigenvalue weighted by atomic mass is 16.7. The lowest BCUT2D eigenvalue weighted by molar-refractivity contribution is -0.151. The largest absolute Gasteiger partial charge is 0.340 e. The maximum absolute atomic E-state index is 12.6. The van der Waals surface area contributed by atoms with Gasteiger partial charge in [0.1, 0.15) is 6.04 Å². The molecule has 0 aromatic carbocycles. The van der Waals surface area contributed by atoms with Crippen molar-refractivity contribution < 1.29 is 14.4 Å². The van der Waals surface area contributed by atoms with Crippen LogP contribution in [-0.4, -0.2) is 23.5 Å². The van der Waals surface area contributed by atoms with Crippen LogP contribution in [-0.2, 0) is 14.4 Å². The quantitative estimate of drug-likeness (QED) is 0.779. The molecule has 2 aliphatic carbocycles. The molecule has 5 nitrogen and oxygen atoms in total. The minimum atomic E-state index is -0.715. The third kappa shape index (κ3) is 4.23. The first-order valence-corrected chi connectivity index (χ1v) is 8.09. The van der Waals surface area contributed by atoms with E-state index in [9.17, 15) is 9.59 Å². The summed E-state index contributed by atoms with van der Waals surface area (Å²) in [4.78, 5) is 30.5. The molecule has 24 heavy (non-hydrogen) atoms. The fourth-order valence-corrected chi connectivity index (χ4v) is 2.43. The summed E-state index contributed by atoms with van der Waals surface area (Å²) >= 11 is 0. The third-order valence-electron chi connectivity index (χ3n) is 3.68. The van der Waals surface area contributed by atoms with Crippen molar-refractivity contribution >= 4 is 11.8 Å². The van der Waals surface area contributed by atoms with Crippen LogP contribution in [0, 0.1) is 5.41 Å². The Morgan fingerprint density at radius 3 is 2.29 bits per heavy atom. The van der Waals surface area contributed by atoms with E-state index in [2.05, 4.69) is 10.8 Å². The van der Waals surface area contributed by atoms with Gasteiger partial charge in [0.05, 0.1) is 5.60 Å². The summed E-state index contributed by atoms with van der Waals surface area (Å²) in [5.41, 5.74) is 3.99. The molecule has 0 aliphatic heterocycles. The Balaban J connectivity index is 2.13. The van der Waals surface area contributed by atoms with Crippen LogP contribution in [0.2, 0.25) is 0 Å². The number of amides is 2. The molecule has 2 amide bonds. The number of hydroxylamine groups is 1. The smallest absolute Gasteiger partial charge is 0.266 e. The molecular formula is C19H26N2O3. The molecule has 0 aromatic heterocycles. The van der Waals surface area contributed by atoms with Gasteiger partial charge in [0.15, 0.2) is 0 Å². The molecule has 2 aliphatic rings. The lowest BCUT2D eigenvalue weighted by atomic mass is 9.86. The van der Waals surface area contributed by atoms with E-state index in [0.717, 1.165) is 11.1 Å². The lowest BCUT2D eigenvalue weighted by Gasteiger charge is -2.31. The van der Waals surface area contributed by atoms with Gasteiger partial charge in [0.2, 0.25) is 0 Å². The van der Waals surface area contributed by atoms with E-state index in [1.807, 2.05) is 65.8 Å². The molecule has 1 atom stereocenters. The highest BCUT2D eigenvalue weighted by molar-refractivity contribution is 6.02. The average molecular weight is 330 g/mol. The van der Waals surface area contributed by atoms with Crippen molar-refractivity contribution in [3.05, 3.63) is 47.1 Å². The molecule has 0 bridgehead atoms. The summed E-state index contributed by atoms with van der Waals surface area (Å²) < 4.78 is 0. The van der Waals surface area contributed by atoms with E-state index in [1.165, 1.54) is 0 Å². The van der Waals surface area contributed by atoms with Gasteiger partial charge in [-0.05, 0) is 43.4 Å². The summed E-state index contributed by atoms with van der Waals surface area (Å²) in [5, 5.41) is 2.85. The van der Waals surface area contributed by atoms with E-state index in [-0.39, 0.29) is 11.8 Å². The Morgan fingerprint density at radius 1 is 1.04 bits per heavy atom. The Hall–Kier alpha value is -2.14. The molecule has 2 rings (SSSR count). The van der Waals surface area contributed by atoms with Crippen molar-refractivity contribution in [2.24, 2.45) is 5.41 Å². The van der Waals surface area contributed by atoms with Crippen LogP contribution in [0.25, 0.3) is 0 Å². The number of carbonyl (C=O) groups excluding carboxylic acids is 2. The van der Waals surface area contributed by atoms with Crippen LogP contribution in [0.3, 0.4) is 0 Å². The van der Waals surface area contributed by atoms with Crippen molar-refractivity contribution in [2.45, 2.75) is 53.2 Å². The molecule has 0 spiro atoms. The van der Waals surface area contributed by atoms with Gasteiger partial charge < -0.3 is 5.32 Å². The minimum Gasteiger partial charge on any atom is -0.340 e. The van der Waals surface area contributed by atoms with Crippen LogP contribution in [0.5, 0.6) is 0 Å². The van der Waals surface area contributed by atoms with Gasteiger partial charge in [0.25, 0.3) is 11.8 Å². The van der Waals surface area contributed by atoms with E-state index in [0.29, 0.717) is 5.57 Å². The number of nitrogens with one attached hydrogen (secondary N) is 2. The zero-order valence-corrected chi connectivity index (χ0v) is 15.2. The van der Waals surface area contributed by atoms with Gasteiger partial charge in [-0.15, -0.1) is 0 Å².